The molecule has 0 bridgehead atoms. The van der Waals surface area contributed by atoms with Crippen LogP contribution in [-0.2, 0) is 17.8 Å². The Labute approximate surface area is 222 Å². The molecule has 1 fully saturated rings. The largest absolute Gasteiger partial charge is 0.329 e. The van der Waals surface area contributed by atoms with Crippen molar-refractivity contribution in [3.05, 3.63) is 70.7 Å². The lowest BCUT2D eigenvalue weighted by Crippen LogP contribution is -2.35. The number of nitrogens with one attached hydrogen (secondary N) is 1. The third-order valence-electron chi connectivity index (χ3n) is 7.56. The third kappa shape index (κ3) is 5.51. The lowest BCUT2D eigenvalue weighted by atomic mass is 9.87. The molecule has 4 aromatic rings. The number of H-pyrrole nitrogens is 1. The molecule has 2 atom stereocenters. The Bertz CT molecular complexity index is 1440. The van der Waals surface area contributed by atoms with Gasteiger partial charge >= 0.3 is 5.69 Å². The number of benzene rings is 1. The van der Waals surface area contributed by atoms with Crippen molar-refractivity contribution in [3.8, 4) is 22.5 Å². The molecule has 0 aliphatic heterocycles. The number of tetrazole rings is 1. The first-order chi connectivity index (χ1) is 18.5. The number of rotatable bonds is 8. The van der Waals surface area contributed by atoms with E-state index in [1.54, 1.807) is 10.8 Å². The molecule has 9 nitrogen and oxygen atoms in total. The van der Waals surface area contributed by atoms with Crippen molar-refractivity contribution in [2.75, 3.05) is 0 Å². The number of carbonyl (C=O) groups excluding carboxylic acids is 1. The smallest absolute Gasteiger partial charge is 0.297 e. The SMILES string of the molecule is CCCCc1cn(C2C(=O)CCCCCC2C)c(=O)n1Cc1cc(-c2cccc(-c3nn[nH]n3)c2)ccn1. The van der Waals surface area contributed by atoms with E-state index in [0.29, 0.717) is 18.8 Å². The minimum absolute atomic E-state index is 0.117. The van der Waals surface area contributed by atoms with Crippen molar-refractivity contribution in [1.82, 2.24) is 34.7 Å². The lowest BCUT2D eigenvalue weighted by Gasteiger charge is -2.25. The number of Topliss-reactive ketones (excluding diaryl/α,β-unsaturated/α-hetero) is 1. The molecule has 9 heteroatoms. The molecular formula is C29H35N7O2. The van der Waals surface area contributed by atoms with E-state index in [2.05, 4.69) is 39.5 Å². The Balaban J connectivity index is 1.48. The van der Waals surface area contributed by atoms with E-state index in [-0.39, 0.29) is 17.4 Å². The summed E-state index contributed by atoms with van der Waals surface area (Å²) in [5, 5.41) is 14.3. The Morgan fingerprint density at radius 3 is 2.71 bits per heavy atom. The van der Waals surface area contributed by atoms with E-state index < -0.39 is 6.04 Å². The first-order valence-corrected chi connectivity index (χ1v) is 13.7. The molecule has 3 heterocycles. The molecule has 38 heavy (non-hydrogen) atoms. The van der Waals surface area contributed by atoms with Crippen LogP contribution in [-0.4, -0.2) is 40.5 Å². The minimum Gasteiger partial charge on any atom is -0.297 e. The summed E-state index contributed by atoms with van der Waals surface area (Å²) in [4.78, 5) is 31.5. The van der Waals surface area contributed by atoms with Gasteiger partial charge in [0.05, 0.1) is 18.3 Å². The molecule has 0 saturated heterocycles. The molecule has 5 rings (SSSR count). The van der Waals surface area contributed by atoms with Gasteiger partial charge in [-0.25, -0.2) is 4.79 Å². The number of carbonyl (C=O) groups is 1. The predicted octanol–water partition coefficient (Wildman–Crippen LogP) is 4.99. The summed E-state index contributed by atoms with van der Waals surface area (Å²) < 4.78 is 3.54. The van der Waals surface area contributed by atoms with Crippen LogP contribution in [0.3, 0.4) is 0 Å². The highest BCUT2D eigenvalue weighted by Crippen LogP contribution is 2.29. The monoisotopic (exact) mass is 513 g/mol. The topological polar surface area (TPSA) is 111 Å². The highest BCUT2D eigenvalue weighted by Gasteiger charge is 2.30. The Morgan fingerprint density at radius 2 is 1.89 bits per heavy atom. The number of aromatic nitrogens is 7. The molecule has 0 amide bonds. The van der Waals surface area contributed by atoms with Crippen molar-refractivity contribution >= 4 is 5.78 Å². The number of ketones is 1. The number of pyridine rings is 1. The average Bonchev–Trinajstić information content (AvgIpc) is 3.57. The van der Waals surface area contributed by atoms with E-state index in [4.69, 9.17) is 0 Å². The zero-order valence-electron chi connectivity index (χ0n) is 22.1. The highest BCUT2D eigenvalue weighted by atomic mass is 16.2. The maximum Gasteiger partial charge on any atom is 0.329 e. The number of nitrogens with zero attached hydrogens (tertiary/aromatic N) is 6. The fourth-order valence-corrected chi connectivity index (χ4v) is 5.50. The fourth-order valence-electron chi connectivity index (χ4n) is 5.50. The van der Waals surface area contributed by atoms with Gasteiger partial charge in [-0.2, -0.15) is 5.21 Å². The molecule has 2 unspecified atom stereocenters. The van der Waals surface area contributed by atoms with Gasteiger partial charge < -0.3 is 0 Å². The number of hydrogen-bond donors (Lipinski definition) is 1. The van der Waals surface area contributed by atoms with E-state index in [9.17, 15) is 9.59 Å². The van der Waals surface area contributed by atoms with Crippen LogP contribution in [0.1, 0.15) is 76.2 Å². The van der Waals surface area contributed by atoms with Crippen LogP contribution in [0, 0.1) is 5.92 Å². The van der Waals surface area contributed by atoms with E-state index in [1.165, 1.54) is 0 Å². The highest BCUT2D eigenvalue weighted by molar-refractivity contribution is 5.83. The van der Waals surface area contributed by atoms with Gasteiger partial charge in [-0.3, -0.25) is 18.9 Å². The van der Waals surface area contributed by atoms with Crippen molar-refractivity contribution in [2.24, 2.45) is 5.92 Å². The summed E-state index contributed by atoms with van der Waals surface area (Å²) in [7, 11) is 0. The second-order valence-electron chi connectivity index (χ2n) is 10.3. The summed E-state index contributed by atoms with van der Waals surface area (Å²) in [6.07, 6.45) is 11.1. The van der Waals surface area contributed by atoms with E-state index in [1.807, 2.05) is 47.2 Å². The molecule has 0 radical (unpaired) electrons. The van der Waals surface area contributed by atoms with Crippen LogP contribution in [0.4, 0.5) is 0 Å². The summed E-state index contributed by atoms with van der Waals surface area (Å²) in [6, 6.07) is 11.5. The van der Waals surface area contributed by atoms with E-state index >= 15 is 0 Å². The quantitative estimate of drug-likeness (QED) is 0.355. The van der Waals surface area contributed by atoms with Gasteiger partial charge in [0.15, 0.2) is 5.78 Å². The zero-order chi connectivity index (χ0) is 26.5. The van der Waals surface area contributed by atoms with Crippen molar-refractivity contribution < 1.29 is 4.79 Å². The number of unbranched alkanes of at least 4 members (excludes halogenated alkanes) is 1. The zero-order valence-corrected chi connectivity index (χ0v) is 22.1. The van der Waals surface area contributed by atoms with Gasteiger partial charge in [-0.1, -0.05) is 51.3 Å². The first kappa shape index (κ1) is 25.8. The molecule has 1 aliphatic rings. The number of aromatic amines is 1. The van der Waals surface area contributed by atoms with Gasteiger partial charge in [-0.15, -0.1) is 10.2 Å². The molecule has 1 saturated carbocycles. The summed E-state index contributed by atoms with van der Waals surface area (Å²) in [5.41, 5.74) is 4.50. The molecule has 198 valence electrons. The number of hydrogen-bond acceptors (Lipinski definition) is 6. The van der Waals surface area contributed by atoms with Gasteiger partial charge in [0.1, 0.15) is 0 Å². The number of imidazole rings is 1. The van der Waals surface area contributed by atoms with Gasteiger partial charge in [0, 0.05) is 30.1 Å². The maximum atomic E-state index is 13.8. The Morgan fingerprint density at radius 1 is 1.05 bits per heavy atom. The van der Waals surface area contributed by atoms with Gasteiger partial charge in [0.25, 0.3) is 0 Å². The Hall–Kier alpha value is -3.88. The molecule has 3 aromatic heterocycles. The molecule has 1 N–H and O–H groups in total. The van der Waals surface area contributed by atoms with Crippen LogP contribution in [0.5, 0.6) is 0 Å². The standard InChI is InChI=1S/C29H35N7O2/c1-3-4-12-25-19-36(27-20(2)9-6-5-7-13-26(27)37)29(38)35(25)18-24-17-22(14-15-30-24)21-10-8-11-23(16-21)28-31-33-34-32-28/h8,10-11,14-17,19-20,27H,3-7,9,12-13,18H2,1-2H3,(H,31,32,33,34). The van der Waals surface area contributed by atoms with Crippen LogP contribution < -0.4 is 5.69 Å². The second kappa shape index (κ2) is 11.7. The van der Waals surface area contributed by atoms with Crippen molar-refractivity contribution in [2.45, 2.75) is 77.8 Å². The van der Waals surface area contributed by atoms with Crippen molar-refractivity contribution in [3.63, 3.8) is 0 Å². The summed E-state index contributed by atoms with van der Waals surface area (Å²) in [6.45, 7) is 4.61. The summed E-state index contributed by atoms with van der Waals surface area (Å²) >= 11 is 0. The van der Waals surface area contributed by atoms with E-state index in [0.717, 1.165) is 73.0 Å². The normalized spacial score (nSPS) is 18.3. The van der Waals surface area contributed by atoms with Crippen LogP contribution in [0.2, 0.25) is 0 Å². The third-order valence-corrected chi connectivity index (χ3v) is 7.56. The maximum absolute atomic E-state index is 13.8. The fraction of sp³-hybridized carbons (Fsp3) is 0.448. The molecule has 1 aromatic carbocycles. The number of aryl methyl sites for hydroxylation is 1. The molecular weight excluding hydrogens is 478 g/mol. The average molecular weight is 514 g/mol. The molecule has 1 aliphatic carbocycles. The predicted molar refractivity (Wildman–Crippen MR) is 146 cm³/mol. The Kier molecular flexibility index (Phi) is 7.91. The van der Waals surface area contributed by atoms with Crippen LogP contribution >= 0.6 is 0 Å². The summed E-state index contributed by atoms with van der Waals surface area (Å²) in [5.74, 6) is 0.857. The second-order valence-corrected chi connectivity index (χ2v) is 10.3. The minimum atomic E-state index is -0.392. The molecule has 0 spiro atoms. The van der Waals surface area contributed by atoms with Gasteiger partial charge in [0.2, 0.25) is 5.82 Å². The van der Waals surface area contributed by atoms with Gasteiger partial charge in [-0.05, 0) is 66.1 Å². The first-order valence-electron chi connectivity index (χ1n) is 13.7. The van der Waals surface area contributed by atoms with Crippen LogP contribution in [0.25, 0.3) is 22.5 Å². The lowest BCUT2D eigenvalue weighted by molar-refractivity contribution is -0.124. The van der Waals surface area contributed by atoms with Crippen molar-refractivity contribution in [1.29, 1.82) is 0 Å². The van der Waals surface area contributed by atoms with Crippen LogP contribution in [0.15, 0.2) is 53.6 Å².